The zero-order valence-corrected chi connectivity index (χ0v) is 16.4. The largest absolute Gasteiger partial charge is 0.497 e. The lowest BCUT2D eigenvalue weighted by atomic mass is 10.1. The normalized spacial score (nSPS) is 10.8. The number of hydrogen-bond acceptors (Lipinski definition) is 5. The second kappa shape index (κ2) is 11.3. The van der Waals surface area contributed by atoms with Crippen LogP contribution in [0.1, 0.15) is 18.1 Å². The van der Waals surface area contributed by atoms with Crippen molar-refractivity contribution >= 4 is 23.9 Å². The highest BCUT2D eigenvalue weighted by Crippen LogP contribution is 2.11. The van der Waals surface area contributed by atoms with E-state index in [1.165, 1.54) is 13.0 Å². The van der Waals surface area contributed by atoms with Crippen LogP contribution in [-0.4, -0.2) is 38.0 Å². The van der Waals surface area contributed by atoms with Gasteiger partial charge in [0.15, 0.2) is 6.61 Å². The van der Waals surface area contributed by atoms with Gasteiger partial charge in [-0.3, -0.25) is 9.59 Å². The Morgan fingerprint density at radius 1 is 1.00 bits per heavy atom. The fourth-order valence-electron chi connectivity index (χ4n) is 2.45. The summed E-state index contributed by atoms with van der Waals surface area (Å²) in [6, 6.07) is 16.5. The number of nitrogens with one attached hydrogen (secondary N) is 2. The van der Waals surface area contributed by atoms with Gasteiger partial charge >= 0.3 is 5.97 Å². The number of rotatable bonds is 9. The molecule has 0 atom stereocenters. The molecule has 0 heterocycles. The average Bonchev–Trinajstić information content (AvgIpc) is 2.72. The van der Waals surface area contributed by atoms with E-state index in [1.54, 1.807) is 31.4 Å². The zero-order valence-electron chi connectivity index (χ0n) is 16.4. The second-order valence-electron chi connectivity index (χ2n) is 6.17. The van der Waals surface area contributed by atoms with Crippen LogP contribution < -0.4 is 15.4 Å². The minimum Gasteiger partial charge on any atom is -0.497 e. The highest BCUT2D eigenvalue weighted by Gasteiger charge is 2.14. The summed E-state index contributed by atoms with van der Waals surface area (Å²) in [4.78, 5) is 35.5. The van der Waals surface area contributed by atoms with E-state index in [4.69, 9.17) is 9.47 Å². The van der Waals surface area contributed by atoms with Gasteiger partial charge in [0.25, 0.3) is 5.91 Å². The number of amides is 2. The van der Waals surface area contributed by atoms with Crippen LogP contribution in [0.2, 0.25) is 0 Å². The van der Waals surface area contributed by atoms with Crippen LogP contribution in [-0.2, 0) is 25.5 Å². The Bertz CT molecular complexity index is 861. The molecule has 0 radical (unpaired) electrons. The molecule has 2 amide bonds. The molecule has 2 aromatic rings. The summed E-state index contributed by atoms with van der Waals surface area (Å²) in [7, 11) is 1.60. The summed E-state index contributed by atoms with van der Waals surface area (Å²) in [6.07, 6.45) is 2.13. The van der Waals surface area contributed by atoms with Crippen molar-refractivity contribution in [3.05, 3.63) is 71.4 Å². The van der Waals surface area contributed by atoms with Gasteiger partial charge in [-0.15, -0.1) is 0 Å². The van der Waals surface area contributed by atoms with Gasteiger partial charge in [0, 0.05) is 13.5 Å². The molecule has 0 spiro atoms. The molecular weight excluding hydrogens is 372 g/mol. The summed E-state index contributed by atoms with van der Waals surface area (Å²) in [6.45, 7) is 1.26. The fraction of sp³-hybridized carbons (Fsp3) is 0.227. The number of hydrogen-bond donors (Lipinski definition) is 2. The Morgan fingerprint density at radius 3 is 2.31 bits per heavy atom. The van der Waals surface area contributed by atoms with Crippen LogP contribution in [0.4, 0.5) is 0 Å². The standard InChI is InChI=1S/C22H24N2O5/c1-16(25)24-20(14-18-6-4-3-5-7-18)22(27)29-15-21(26)23-13-12-17-8-10-19(28-2)11-9-17/h3-11,14H,12-13,15H2,1-2H3,(H,23,26)(H,24,25)/b20-14-. The predicted octanol–water partition coefficient (Wildman–Crippen LogP) is 2.07. The fourth-order valence-corrected chi connectivity index (χ4v) is 2.45. The lowest BCUT2D eigenvalue weighted by molar-refractivity contribution is -0.145. The molecule has 29 heavy (non-hydrogen) atoms. The third-order valence-electron chi connectivity index (χ3n) is 3.87. The Balaban J connectivity index is 1.82. The third-order valence-corrected chi connectivity index (χ3v) is 3.87. The first kappa shape index (κ1) is 21.7. The van der Waals surface area contributed by atoms with Crippen molar-refractivity contribution < 1.29 is 23.9 Å². The third kappa shape index (κ3) is 7.88. The minimum atomic E-state index is -0.783. The number of carbonyl (C=O) groups is 3. The molecule has 0 aliphatic heterocycles. The average molecular weight is 396 g/mol. The van der Waals surface area contributed by atoms with E-state index in [1.807, 2.05) is 30.3 Å². The van der Waals surface area contributed by atoms with Crippen molar-refractivity contribution in [2.75, 3.05) is 20.3 Å². The molecule has 0 saturated heterocycles. The quantitative estimate of drug-likeness (QED) is 0.500. The Labute approximate surface area is 169 Å². The molecule has 2 N–H and O–H groups in total. The molecule has 2 rings (SSSR count). The van der Waals surface area contributed by atoms with Crippen molar-refractivity contribution in [2.45, 2.75) is 13.3 Å². The smallest absolute Gasteiger partial charge is 0.355 e. The molecule has 0 saturated carbocycles. The van der Waals surface area contributed by atoms with Crippen molar-refractivity contribution in [2.24, 2.45) is 0 Å². The maximum atomic E-state index is 12.2. The van der Waals surface area contributed by atoms with Crippen molar-refractivity contribution in [3.8, 4) is 5.75 Å². The van der Waals surface area contributed by atoms with Gasteiger partial charge < -0.3 is 20.1 Å². The zero-order chi connectivity index (χ0) is 21.1. The van der Waals surface area contributed by atoms with Crippen molar-refractivity contribution in [1.82, 2.24) is 10.6 Å². The molecule has 152 valence electrons. The van der Waals surface area contributed by atoms with Gasteiger partial charge in [-0.25, -0.2) is 4.79 Å². The summed E-state index contributed by atoms with van der Waals surface area (Å²) in [5.74, 6) is -0.848. The van der Waals surface area contributed by atoms with Crippen molar-refractivity contribution in [3.63, 3.8) is 0 Å². The van der Waals surface area contributed by atoms with Gasteiger partial charge in [0.1, 0.15) is 11.4 Å². The maximum Gasteiger partial charge on any atom is 0.355 e. The van der Waals surface area contributed by atoms with E-state index < -0.39 is 24.4 Å². The van der Waals surface area contributed by atoms with Gasteiger partial charge in [-0.2, -0.15) is 0 Å². The van der Waals surface area contributed by atoms with Gasteiger partial charge in [0.05, 0.1) is 7.11 Å². The molecule has 7 heteroatoms. The first-order valence-corrected chi connectivity index (χ1v) is 9.09. The van der Waals surface area contributed by atoms with E-state index in [9.17, 15) is 14.4 Å². The summed E-state index contributed by atoms with van der Waals surface area (Å²) in [5.41, 5.74) is 1.73. The molecule has 0 unspecified atom stereocenters. The highest BCUT2D eigenvalue weighted by molar-refractivity contribution is 5.98. The molecule has 7 nitrogen and oxygen atoms in total. The van der Waals surface area contributed by atoms with Crippen LogP contribution in [0.5, 0.6) is 5.75 Å². The molecule has 0 aliphatic carbocycles. The molecule has 0 aromatic heterocycles. The van der Waals surface area contributed by atoms with Crippen molar-refractivity contribution in [1.29, 1.82) is 0 Å². The minimum absolute atomic E-state index is 0.0327. The van der Waals surface area contributed by atoms with Gasteiger partial charge in [-0.1, -0.05) is 42.5 Å². The van der Waals surface area contributed by atoms with E-state index in [2.05, 4.69) is 10.6 Å². The Morgan fingerprint density at radius 2 is 1.69 bits per heavy atom. The predicted molar refractivity (Wildman–Crippen MR) is 109 cm³/mol. The van der Waals surface area contributed by atoms with Gasteiger partial charge in [0.2, 0.25) is 5.91 Å². The number of carbonyl (C=O) groups excluding carboxylic acids is 3. The van der Waals surface area contributed by atoms with Crippen LogP contribution in [0.25, 0.3) is 6.08 Å². The molecule has 0 fully saturated rings. The van der Waals surface area contributed by atoms with E-state index in [0.29, 0.717) is 13.0 Å². The topological polar surface area (TPSA) is 93.7 Å². The number of methoxy groups -OCH3 is 1. The summed E-state index contributed by atoms with van der Waals surface area (Å²) in [5, 5.41) is 5.12. The van der Waals surface area contributed by atoms with E-state index in [0.717, 1.165) is 16.9 Å². The SMILES string of the molecule is COc1ccc(CCNC(=O)COC(=O)/C(=C/c2ccccc2)NC(C)=O)cc1. The highest BCUT2D eigenvalue weighted by atomic mass is 16.5. The lowest BCUT2D eigenvalue weighted by Gasteiger charge is -2.10. The maximum absolute atomic E-state index is 12.2. The van der Waals surface area contributed by atoms with Crippen LogP contribution >= 0.6 is 0 Å². The Kier molecular flexibility index (Phi) is 8.44. The van der Waals surface area contributed by atoms with Crippen LogP contribution in [0.3, 0.4) is 0 Å². The molecular formula is C22H24N2O5. The first-order chi connectivity index (χ1) is 14.0. The molecule has 0 aliphatic rings. The number of benzene rings is 2. The van der Waals surface area contributed by atoms with Gasteiger partial charge in [-0.05, 0) is 35.8 Å². The van der Waals surface area contributed by atoms with Crippen LogP contribution in [0.15, 0.2) is 60.3 Å². The Hall–Kier alpha value is -3.61. The number of ether oxygens (including phenoxy) is 2. The molecule has 2 aromatic carbocycles. The number of esters is 1. The second-order valence-corrected chi connectivity index (χ2v) is 6.17. The molecule has 0 bridgehead atoms. The monoisotopic (exact) mass is 396 g/mol. The van der Waals surface area contributed by atoms with E-state index in [-0.39, 0.29) is 5.70 Å². The summed E-state index contributed by atoms with van der Waals surface area (Å²) >= 11 is 0. The van der Waals surface area contributed by atoms with Crippen LogP contribution in [0, 0.1) is 0 Å². The lowest BCUT2D eigenvalue weighted by Crippen LogP contribution is -2.32. The first-order valence-electron chi connectivity index (χ1n) is 9.09. The van der Waals surface area contributed by atoms with E-state index >= 15 is 0 Å². The summed E-state index contributed by atoms with van der Waals surface area (Å²) < 4.78 is 10.1.